The quantitative estimate of drug-likeness (QED) is 0.887. The van der Waals surface area contributed by atoms with E-state index >= 15 is 0 Å². The Morgan fingerprint density at radius 1 is 1.35 bits per heavy atom. The predicted octanol–water partition coefficient (Wildman–Crippen LogP) is 0.640. The normalized spacial score (nSPS) is 22.4. The number of sulfone groups is 1. The lowest BCUT2D eigenvalue weighted by Gasteiger charge is -2.26. The van der Waals surface area contributed by atoms with Gasteiger partial charge in [0, 0.05) is 13.1 Å². The van der Waals surface area contributed by atoms with Crippen LogP contribution in [0.4, 0.5) is 0 Å². The second kappa shape index (κ2) is 5.54. The second-order valence-electron chi connectivity index (χ2n) is 5.39. The molecule has 1 saturated heterocycles. The molecule has 1 heterocycles. The second-order valence-corrected chi connectivity index (χ2v) is 7.62. The molecule has 1 aliphatic heterocycles. The first-order valence-electron chi connectivity index (χ1n) is 6.59. The first-order valence-corrected chi connectivity index (χ1v) is 8.41. The number of carbonyl (C=O) groups excluding carboxylic acids is 1. The summed E-state index contributed by atoms with van der Waals surface area (Å²) in [5.41, 5.74) is 7.83. The molecule has 0 bridgehead atoms. The van der Waals surface area contributed by atoms with E-state index in [4.69, 9.17) is 5.73 Å². The maximum Gasteiger partial charge on any atom is 0.244 e. The molecule has 0 aromatic heterocycles. The highest BCUT2D eigenvalue weighted by molar-refractivity contribution is 7.91. The fourth-order valence-electron chi connectivity index (χ4n) is 2.40. The Hall–Kier alpha value is -1.40. The Bertz CT molecular complexity index is 595. The van der Waals surface area contributed by atoms with Crippen LogP contribution in [-0.4, -0.2) is 43.8 Å². The van der Waals surface area contributed by atoms with Gasteiger partial charge in [0.2, 0.25) is 5.91 Å². The van der Waals surface area contributed by atoms with Gasteiger partial charge in [0.1, 0.15) is 6.04 Å². The van der Waals surface area contributed by atoms with E-state index in [2.05, 4.69) is 0 Å². The molecule has 1 amide bonds. The van der Waals surface area contributed by atoms with Crippen LogP contribution in [0.1, 0.15) is 23.6 Å². The van der Waals surface area contributed by atoms with Gasteiger partial charge in [-0.15, -0.1) is 0 Å². The number of hydrogen-bond acceptors (Lipinski definition) is 4. The molecule has 0 radical (unpaired) electrons. The molecule has 2 atom stereocenters. The molecule has 5 nitrogen and oxygen atoms in total. The van der Waals surface area contributed by atoms with Crippen LogP contribution in [0, 0.1) is 6.92 Å². The van der Waals surface area contributed by atoms with Gasteiger partial charge in [-0.3, -0.25) is 4.79 Å². The number of nitrogens with two attached hydrogens (primary N) is 1. The maximum atomic E-state index is 12.3. The SMILES string of the molecule is Cc1ccc(C(N)C(=O)N(C)C2CCS(=O)(=O)C2)cc1. The summed E-state index contributed by atoms with van der Waals surface area (Å²) in [5.74, 6) is -0.0544. The predicted molar refractivity (Wildman–Crippen MR) is 77.9 cm³/mol. The molecule has 6 heteroatoms. The van der Waals surface area contributed by atoms with E-state index in [0.717, 1.165) is 11.1 Å². The van der Waals surface area contributed by atoms with Crippen molar-refractivity contribution in [2.45, 2.75) is 25.4 Å². The van der Waals surface area contributed by atoms with E-state index in [1.807, 2.05) is 31.2 Å². The highest BCUT2D eigenvalue weighted by Gasteiger charge is 2.34. The molecule has 0 aliphatic carbocycles. The lowest BCUT2D eigenvalue weighted by Crippen LogP contribution is -2.43. The summed E-state index contributed by atoms with van der Waals surface area (Å²) < 4.78 is 23.0. The first-order chi connectivity index (χ1) is 9.30. The number of rotatable bonds is 3. The lowest BCUT2D eigenvalue weighted by molar-refractivity contribution is -0.133. The number of aryl methyl sites for hydroxylation is 1. The van der Waals surface area contributed by atoms with Gasteiger partial charge in [0.25, 0.3) is 0 Å². The van der Waals surface area contributed by atoms with Gasteiger partial charge in [-0.2, -0.15) is 0 Å². The topological polar surface area (TPSA) is 80.5 Å². The third-order valence-electron chi connectivity index (χ3n) is 3.81. The Labute approximate surface area is 119 Å². The van der Waals surface area contributed by atoms with Crippen molar-refractivity contribution in [3.8, 4) is 0 Å². The summed E-state index contributed by atoms with van der Waals surface area (Å²) in [6.07, 6.45) is 0.491. The molecule has 1 aromatic carbocycles. The Balaban J connectivity index is 2.09. The third-order valence-corrected chi connectivity index (χ3v) is 5.56. The Morgan fingerprint density at radius 3 is 2.45 bits per heavy atom. The van der Waals surface area contributed by atoms with Crippen LogP contribution in [0.15, 0.2) is 24.3 Å². The monoisotopic (exact) mass is 296 g/mol. The first kappa shape index (κ1) is 15.0. The van der Waals surface area contributed by atoms with Crippen LogP contribution < -0.4 is 5.73 Å². The van der Waals surface area contributed by atoms with Crippen LogP contribution in [-0.2, 0) is 14.6 Å². The van der Waals surface area contributed by atoms with Gasteiger partial charge < -0.3 is 10.6 Å². The number of hydrogen-bond donors (Lipinski definition) is 1. The highest BCUT2D eigenvalue weighted by Crippen LogP contribution is 2.20. The van der Waals surface area contributed by atoms with Crippen LogP contribution in [0.3, 0.4) is 0 Å². The smallest absolute Gasteiger partial charge is 0.244 e. The molecule has 1 fully saturated rings. The minimum atomic E-state index is -3.00. The van der Waals surface area contributed by atoms with Crippen LogP contribution in [0.2, 0.25) is 0 Å². The Morgan fingerprint density at radius 2 is 1.95 bits per heavy atom. The molecule has 2 rings (SSSR count). The van der Waals surface area contributed by atoms with Crippen LogP contribution in [0.25, 0.3) is 0 Å². The van der Waals surface area contributed by atoms with E-state index in [-0.39, 0.29) is 23.5 Å². The lowest BCUT2D eigenvalue weighted by atomic mass is 10.0. The Kier molecular flexibility index (Phi) is 4.15. The number of amides is 1. The van der Waals surface area contributed by atoms with E-state index in [0.29, 0.717) is 6.42 Å². The van der Waals surface area contributed by atoms with Crippen molar-refractivity contribution in [3.63, 3.8) is 0 Å². The van der Waals surface area contributed by atoms with Gasteiger partial charge in [0.15, 0.2) is 9.84 Å². The van der Waals surface area contributed by atoms with Crippen molar-refractivity contribution in [3.05, 3.63) is 35.4 Å². The van der Waals surface area contributed by atoms with Gasteiger partial charge in [-0.25, -0.2) is 8.42 Å². The van der Waals surface area contributed by atoms with Crippen LogP contribution >= 0.6 is 0 Å². The van der Waals surface area contributed by atoms with Crippen molar-refractivity contribution in [1.82, 2.24) is 4.90 Å². The summed E-state index contributed by atoms with van der Waals surface area (Å²) in [6, 6.07) is 6.46. The van der Waals surface area contributed by atoms with E-state index in [9.17, 15) is 13.2 Å². The fraction of sp³-hybridized carbons (Fsp3) is 0.500. The minimum Gasteiger partial charge on any atom is -0.340 e. The number of carbonyl (C=O) groups is 1. The standard InChI is InChI=1S/C14H20N2O3S/c1-10-3-5-11(6-4-10)13(15)14(17)16(2)12-7-8-20(18,19)9-12/h3-6,12-13H,7-9,15H2,1-2H3. The van der Waals surface area contributed by atoms with E-state index < -0.39 is 15.9 Å². The molecule has 2 unspecified atom stereocenters. The minimum absolute atomic E-state index is 0.0376. The molecule has 1 aliphatic rings. The molecular weight excluding hydrogens is 276 g/mol. The largest absolute Gasteiger partial charge is 0.340 e. The van der Waals surface area contributed by atoms with Crippen molar-refractivity contribution < 1.29 is 13.2 Å². The summed E-state index contributed by atoms with van der Waals surface area (Å²) in [5, 5.41) is 0. The summed E-state index contributed by atoms with van der Waals surface area (Å²) >= 11 is 0. The number of benzene rings is 1. The highest BCUT2D eigenvalue weighted by atomic mass is 32.2. The molecule has 1 aromatic rings. The third kappa shape index (κ3) is 3.19. The molecule has 0 saturated carbocycles. The molecular formula is C14H20N2O3S. The van der Waals surface area contributed by atoms with E-state index in [1.54, 1.807) is 7.05 Å². The average molecular weight is 296 g/mol. The van der Waals surface area contributed by atoms with E-state index in [1.165, 1.54) is 4.90 Å². The number of likely N-dealkylation sites (N-methyl/N-ethyl adjacent to an activating group) is 1. The maximum absolute atomic E-state index is 12.3. The van der Waals surface area contributed by atoms with Crippen LogP contribution in [0.5, 0.6) is 0 Å². The summed E-state index contributed by atoms with van der Waals surface area (Å²) in [6.45, 7) is 1.96. The van der Waals surface area contributed by atoms with Gasteiger partial charge in [-0.1, -0.05) is 29.8 Å². The summed E-state index contributed by atoms with van der Waals surface area (Å²) in [7, 11) is -1.38. The summed E-state index contributed by atoms with van der Waals surface area (Å²) in [4.78, 5) is 13.8. The average Bonchev–Trinajstić information content (AvgIpc) is 2.77. The van der Waals surface area contributed by atoms with Gasteiger partial charge in [-0.05, 0) is 18.9 Å². The molecule has 20 heavy (non-hydrogen) atoms. The van der Waals surface area contributed by atoms with Crippen molar-refractivity contribution in [2.24, 2.45) is 5.73 Å². The van der Waals surface area contributed by atoms with Crippen molar-refractivity contribution >= 4 is 15.7 Å². The fourth-order valence-corrected chi connectivity index (χ4v) is 4.17. The molecule has 2 N–H and O–H groups in total. The molecule has 110 valence electrons. The van der Waals surface area contributed by atoms with Gasteiger partial charge in [0.05, 0.1) is 11.5 Å². The van der Waals surface area contributed by atoms with Gasteiger partial charge >= 0.3 is 0 Å². The van der Waals surface area contributed by atoms with Crippen molar-refractivity contribution in [1.29, 1.82) is 0 Å². The zero-order chi connectivity index (χ0) is 14.9. The zero-order valence-electron chi connectivity index (χ0n) is 11.7. The molecule has 0 spiro atoms. The number of nitrogens with zero attached hydrogens (tertiary/aromatic N) is 1. The zero-order valence-corrected chi connectivity index (χ0v) is 12.6. The van der Waals surface area contributed by atoms with Crippen molar-refractivity contribution in [2.75, 3.05) is 18.6 Å².